The zero-order chi connectivity index (χ0) is 18.7. The second kappa shape index (κ2) is 7.90. The van der Waals surface area contributed by atoms with E-state index >= 15 is 0 Å². The molecule has 0 aliphatic carbocycles. The van der Waals surface area contributed by atoms with E-state index in [1.165, 1.54) is 18.9 Å². The first kappa shape index (κ1) is 18.4. The molecule has 2 aromatic carbocycles. The van der Waals surface area contributed by atoms with Crippen molar-refractivity contribution >= 4 is 57.9 Å². The second-order valence-electron chi connectivity index (χ2n) is 5.13. The summed E-state index contributed by atoms with van der Waals surface area (Å²) in [5.41, 5.74) is 0.969. The molecule has 1 aliphatic rings. The summed E-state index contributed by atoms with van der Waals surface area (Å²) in [5, 5.41) is 2.85. The maximum atomic E-state index is 12.3. The lowest BCUT2D eigenvalue weighted by molar-refractivity contribution is -0.115. The van der Waals surface area contributed by atoms with Crippen LogP contribution in [0.3, 0.4) is 0 Å². The first-order chi connectivity index (χ1) is 12.5. The Kier molecular flexibility index (Phi) is 5.61. The lowest BCUT2D eigenvalue weighted by Crippen LogP contribution is -2.17. The molecule has 0 aromatic heterocycles. The van der Waals surface area contributed by atoms with Crippen LogP contribution in [0.25, 0.3) is 6.08 Å². The van der Waals surface area contributed by atoms with Crippen LogP contribution in [0.2, 0.25) is 5.02 Å². The van der Waals surface area contributed by atoms with Crippen molar-refractivity contribution in [3.8, 4) is 11.5 Å². The van der Waals surface area contributed by atoms with Gasteiger partial charge in [0.15, 0.2) is 11.5 Å². The Hall–Kier alpha value is -2.35. The minimum absolute atomic E-state index is 0.242. The molecule has 2 aromatic rings. The van der Waals surface area contributed by atoms with Gasteiger partial charge < -0.3 is 14.8 Å². The number of hydrogen-bond donors (Lipinski definition) is 1. The van der Waals surface area contributed by atoms with Crippen molar-refractivity contribution in [3.63, 3.8) is 0 Å². The molecule has 1 fully saturated rings. The quantitative estimate of drug-likeness (QED) is 0.358. The van der Waals surface area contributed by atoms with Crippen LogP contribution in [0, 0.1) is 0 Å². The number of hydrogen-bond acceptors (Lipinski definition) is 6. The first-order valence-corrected chi connectivity index (χ1v) is 8.98. The van der Waals surface area contributed by atoms with Crippen LogP contribution in [-0.2, 0) is 4.79 Å². The molecule has 0 atom stereocenters. The van der Waals surface area contributed by atoms with E-state index in [0.29, 0.717) is 25.6 Å². The Labute approximate surface area is 164 Å². The molecule has 0 unspecified atom stereocenters. The Bertz CT molecular complexity index is 943. The Morgan fingerprint density at radius 2 is 2.00 bits per heavy atom. The van der Waals surface area contributed by atoms with Crippen molar-refractivity contribution in [2.75, 3.05) is 7.11 Å². The highest BCUT2D eigenvalue weighted by atomic mass is 35.5. The number of halogens is 1. The number of esters is 1. The molecule has 0 spiro atoms. The van der Waals surface area contributed by atoms with Crippen molar-refractivity contribution in [1.29, 1.82) is 0 Å². The fourth-order valence-electron chi connectivity index (χ4n) is 2.21. The van der Waals surface area contributed by atoms with Gasteiger partial charge in [0, 0.05) is 0 Å². The minimum Gasteiger partial charge on any atom is -0.493 e. The maximum Gasteiger partial charge on any atom is 0.345 e. The van der Waals surface area contributed by atoms with E-state index in [2.05, 4.69) is 5.32 Å². The Morgan fingerprint density at radius 1 is 1.23 bits per heavy atom. The van der Waals surface area contributed by atoms with Crippen molar-refractivity contribution in [1.82, 2.24) is 5.32 Å². The van der Waals surface area contributed by atoms with Crippen molar-refractivity contribution in [3.05, 3.63) is 63.5 Å². The summed E-state index contributed by atoms with van der Waals surface area (Å²) in [6.45, 7) is 0. The number of thiocarbonyl (C=S) groups is 1. The van der Waals surface area contributed by atoms with Crippen molar-refractivity contribution in [2.24, 2.45) is 0 Å². The lowest BCUT2D eigenvalue weighted by atomic mass is 10.2. The molecule has 5 nitrogen and oxygen atoms in total. The van der Waals surface area contributed by atoms with Crippen LogP contribution in [0.15, 0.2) is 47.4 Å². The third-order valence-corrected chi connectivity index (χ3v) is 4.92. The molecule has 26 heavy (non-hydrogen) atoms. The van der Waals surface area contributed by atoms with E-state index in [1.807, 2.05) is 0 Å². The summed E-state index contributed by atoms with van der Waals surface area (Å²) in [6, 6.07) is 11.6. The summed E-state index contributed by atoms with van der Waals surface area (Å²) in [4.78, 5) is 24.5. The third kappa shape index (κ3) is 4.07. The standard InChI is InChI=1S/C18H12ClNO4S2/c1-23-14-8-10(9-15-16(21)20-18(25)26-15)6-7-13(14)24-17(22)11-4-2-3-5-12(11)19/h2-9H,1H3,(H,20,21,25). The molecule has 1 saturated heterocycles. The highest BCUT2D eigenvalue weighted by Gasteiger charge is 2.22. The summed E-state index contributed by atoms with van der Waals surface area (Å²) in [5.74, 6) is -0.228. The summed E-state index contributed by atoms with van der Waals surface area (Å²) < 4.78 is 11.1. The minimum atomic E-state index is -0.587. The lowest BCUT2D eigenvalue weighted by Gasteiger charge is -2.10. The van der Waals surface area contributed by atoms with Crippen molar-refractivity contribution < 1.29 is 19.1 Å². The highest BCUT2D eigenvalue weighted by Crippen LogP contribution is 2.32. The first-order valence-electron chi connectivity index (χ1n) is 7.37. The molecule has 0 bridgehead atoms. The monoisotopic (exact) mass is 405 g/mol. The zero-order valence-electron chi connectivity index (χ0n) is 13.4. The van der Waals surface area contributed by atoms with Gasteiger partial charge in [-0.15, -0.1) is 0 Å². The second-order valence-corrected chi connectivity index (χ2v) is 7.26. The van der Waals surface area contributed by atoms with E-state index in [9.17, 15) is 9.59 Å². The summed E-state index contributed by atoms with van der Waals surface area (Å²) in [7, 11) is 1.46. The molecule has 3 rings (SSSR count). The SMILES string of the molecule is COc1cc(C=C2SC(=S)NC2=O)ccc1OC(=O)c1ccccc1Cl. The number of benzene rings is 2. The van der Waals surface area contributed by atoms with Gasteiger partial charge in [0.2, 0.25) is 0 Å². The van der Waals surface area contributed by atoms with Gasteiger partial charge in [0.1, 0.15) is 4.32 Å². The van der Waals surface area contributed by atoms with E-state index < -0.39 is 5.97 Å². The number of amides is 1. The van der Waals surface area contributed by atoms with Crippen LogP contribution in [-0.4, -0.2) is 23.3 Å². The van der Waals surface area contributed by atoms with Gasteiger partial charge in [0.05, 0.1) is 22.6 Å². The zero-order valence-corrected chi connectivity index (χ0v) is 15.8. The molecule has 1 N–H and O–H groups in total. The molecule has 1 amide bonds. The molecule has 132 valence electrons. The van der Waals surface area contributed by atoms with E-state index in [0.717, 1.165) is 0 Å². The van der Waals surface area contributed by atoms with Gasteiger partial charge in [-0.05, 0) is 35.9 Å². The molecule has 8 heteroatoms. The topological polar surface area (TPSA) is 64.6 Å². The predicted molar refractivity (Wildman–Crippen MR) is 106 cm³/mol. The summed E-state index contributed by atoms with van der Waals surface area (Å²) in [6.07, 6.45) is 1.68. The van der Waals surface area contributed by atoms with Crippen LogP contribution in [0.1, 0.15) is 15.9 Å². The number of ether oxygens (including phenoxy) is 2. The Balaban J connectivity index is 1.85. The average molecular weight is 406 g/mol. The van der Waals surface area contributed by atoms with Gasteiger partial charge in [-0.2, -0.15) is 0 Å². The summed E-state index contributed by atoms with van der Waals surface area (Å²) >= 11 is 12.2. The van der Waals surface area contributed by atoms with Gasteiger partial charge in [-0.25, -0.2) is 4.79 Å². The fraction of sp³-hybridized carbons (Fsp3) is 0.0556. The normalized spacial score (nSPS) is 15.1. The molecule has 1 aliphatic heterocycles. The van der Waals surface area contributed by atoms with Crippen LogP contribution in [0.4, 0.5) is 0 Å². The fourth-order valence-corrected chi connectivity index (χ4v) is 3.47. The number of thioether (sulfide) groups is 1. The molecule has 0 saturated carbocycles. The number of carbonyl (C=O) groups excluding carboxylic acids is 2. The van der Waals surface area contributed by atoms with Crippen LogP contribution in [0.5, 0.6) is 11.5 Å². The van der Waals surface area contributed by atoms with Gasteiger partial charge in [0.25, 0.3) is 5.91 Å². The van der Waals surface area contributed by atoms with Gasteiger partial charge in [-0.1, -0.05) is 53.8 Å². The number of nitrogens with one attached hydrogen (secondary N) is 1. The average Bonchev–Trinajstić information content (AvgIpc) is 2.93. The molecular formula is C18H12ClNO4S2. The molecule has 0 radical (unpaired) electrons. The van der Waals surface area contributed by atoms with Crippen LogP contribution < -0.4 is 14.8 Å². The van der Waals surface area contributed by atoms with Crippen molar-refractivity contribution in [2.45, 2.75) is 0 Å². The van der Waals surface area contributed by atoms with Gasteiger partial charge >= 0.3 is 5.97 Å². The largest absolute Gasteiger partial charge is 0.493 e. The van der Waals surface area contributed by atoms with Crippen LogP contribution >= 0.6 is 35.6 Å². The highest BCUT2D eigenvalue weighted by molar-refractivity contribution is 8.26. The van der Waals surface area contributed by atoms with E-state index in [4.69, 9.17) is 33.3 Å². The van der Waals surface area contributed by atoms with Gasteiger partial charge in [-0.3, -0.25) is 4.79 Å². The Morgan fingerprint density at radius 3 is 2.65 bits per heavy atom. The molecule has 1 heterocycles. The number of rotatable bonds is 4. The number of carbonyl (C=O) groups is 2. The molecular weight excluding hydrogens is 394 g/mol. The maximum absolute atomic E-state index is 12.3. The smallest absolute Gasteiger partial charge is 0.345 e. The van der Waals surface area contributed by atoms with E-state index in [1.54, 1.807) is 48.5 Å². The predicted octanol–water partition coefficient (Wildman–Crippen LogP) is 4.06. The van der Waals surface area contributed by atoms with E-state index in [-0.39, 0.29) is 17.2 Å². The third-order valence-electron chi connectivity index (χ3n) is 3.42. The number of methoxy groups -OCH3 is 1.